The maximum Gasteiger partial charge on any atom is 0.258 e. The zero-order chi connectivity index (χ0) is 13.2. The summed E-state index contributed by atoms with van der Waals surface area (Å²) in [6.45, 7) is 0. The van der Waals surface area contributed by atoms with E-state index in [2.05, 4.69) is 10.1 Å². The van der Waals surface area contributed by atoms with E-state index in [1.165, 1.54) is 0 Å². The van der Waals surface area contributed by atoms with E-state index >= 15 is 0 Å². The number of nitrogens with two attached hydrogens (primary N) is 1. The fraction of sp³-hybridized carbons (Fsp3) is 0. The van der Waals surface area contributed by atoms with E-state index in [1.807, 2.05) is 24.3 Å². The molecule has 0 radical (unpaired) electrons. The summed E-state index contributed by atoms with van der Waals surface area (Å²) in [5, 5.41) is 4.62. The van der Waals surface area contributed by atoms with Crippen LogP contribution in [0.2, 0.25) is 5.02 Å². The number of rotatable bonds is 2. The van der Waals surface area contributed by atoms with Crippen molar-refractivity contribution in [2.24, 2.45) is 0 Å². The molecule has 0 fully saturated rings. The fourth-order valence-electron chi connectivity index (χ4n) is 1.68. The van der Waals surface area contributed by atoms with E-state index in [0.29, 0.717) is 22.4 Å². The van der Waals surface area contributed by atoms with E-state index in [4.69, 9.17) is 21.9 Å². The van der Waals surface area contributed by atoms with Gasteiger partial charge in [0.25, 0.3) is 5.89 Å². The van der Waals surface area contributed by atoms with Crippen molar-refractivity contribution in [1.29, 1.82) is 0 Å². The molecule has 0 spiro atoms. The molecule has 0 aliphatic rings. The molecule has 1 aromatic heterocycles. The quantitative estimate of drug-likeness (QED) is 0.723. The van der Waals surface area contributed by atoms with Crippen molar-refractivity contribution >= 4 is 17.3 Å². The Labute approximate surface area is 114 Å². The van der Waals surface area contributed by atoms with Gasteiger partial charge in [-0.3, -0.25) is 0 Å². The van der Waals surface area contributed by atoms with Crippen molar-refractivity contribution in [2.75, 3.05) is 5.73 Å². The van der Waals surface area contributed by atoms with Crippen LogP contribution >= 0.6 is 11.6 Å². The van der Waals surface area contributed by atoms with Crippen molar-refractivity contribution in [3.8, 4) is 22.8 Å². The highest BCUT2D eigenvalue weighted by Crippen LogP contribution is 2.23. The summed E-state index contributed by atoms with van der Waals surface area (Å²) in [6, 6.07) is 14.5. The van der Waals surface area contributed by atoms with Gasteiger partial charge in [0.2, 0.25) is 5.82 Å². The van der Waals surface area contributed by atoms with Crippen LogP contribution in [0.15, 0.2) is 53.1 Å². The van der Waals surface area contributed by atoms with Crippen LogP contribution in [0.5, 0.6) is 0 Å². The minimum Gasteiger partial charge on any atom is -0.399 e. The number of nitrogens with zero attached hydrogens (tertiary/aromatic N) is 2. The highest BCUT2D eigenvalue weighted by molar-refractivity contribution is 6.30. The molecule has 19 heavy (non-hydrogen) atoms. The molecule has 3 aromatic rings. The lowest BCUT2D eigenvalue weighted by molar-refractivity contribution is 0.432. The molecule has 0 saturated heterocycles. The Morgan fingerprint density at radius 1 is 0.895 bits per heavy atom. The summed E-state index contributed by atoms with van der Waals surface area (Å²) >= 11 is 5.84. The summed E-state index contributed by atoms with van der Waals surface area (Å²) in [5.74, 6) is 0.994. The zero-order valence-electron chi connectivity index (χ0n) is 9.88. The molecule has 0 aliphatic carbocycles. The van der Waals surface area contributed by atoms with Crippen LogP contribution < -0.4 is 5.73 Å². The minimum absolute atomic E-state index is 0.462. The van der Waals surface area contributed by atoms with Crippen LogP contribution in [0.1, 0.15) is 0 Å². The van der Waals surface area contributed by atoms with Crippen LogP contribution in [-0.4, -0.2) is 10.1 Å². The third-order valence-electron chi connectivity index (χ3n) is 2.69. The molecule has 3 rings (SSSR count). The van der Waals surface area contributed by atoms with E-state index in [1.54, 1.807) is 24.3 Å². The molecular weight excluding hydrogens is 262 g/mol. The monoisotopic (exact) mass is 271 g/mol. The van der Waals surface area contributed by atoms with Gasteiger partial charge in [0, 0.05) is 21.8 Å². The van der Waals surface area contributed by atoms with Crippen LogP contribution in [0.3, 0.4) is 0 Å². The van der Waals surface area contributed by atoms with E-state index in [0.717, 1.165) is 11.1 Å². The predicted molar refractivity (Wildman–Crippen MR) is 74.6 cm³/mol. The Bertz CT molecular complexity index is 629. The lowest BCUT2D eigenvalue weighted by atomic mass is 10.2. The molecule has 94 valence electrons. The average Bonchev–Trinajstić information content (AvgIpc) is 2.90. The van der Waals surface area contributed by atoms with Gasteiger partial charge in [0.05, 0.1) is 0 Å². The number of halogens is 1. The van der Waals surface area contributed by atoms with Crippen molar-refractivity contribution < 1.29 is 4.52 Å². The van der Waals surface area contributed by atoms with Gasteiger partial charge in [0.1, 0.15) is 0 Å². The summed E-state index contributed by atoms with van der Waals surface area (Å²) in [4.78, 5) is 4.35. The average molecular weight is 272 g/mol. The van der Waals surface area contributed by atoms with Crippen LogP contribution in [0.25, 0.3) is 22.8 Å². The van der Waals surface area contributed by atoms with E-state index < -0.39 is 0 Å². The second kappa shape index (κ2) is 4.74. The second-order valence-corrected chi connectivity index (χ2v) is 4.49. The van der Waals surface area contributed by atoms with Gasteiger partial charge in [-0.2, -0.15) is 4.98 Å². The first kappa shape index (κ1) is 11.7. The fourth-order valence-corrected chi connectivity index (χ4v) is 1.81. The lowest BCUT2D eigenvalue weighted by Crippen LogP contribution is -1.85. The van der Waals surface area contributed by atoms with Crippen molar-refractivity contribution in [3.63, 3.8) is 0 Å². The van der Waals surface area contributed by atoms with Gasteiger partial charge in [-0.15, -0.1) is 0 Å². The number of anilines is 1. The summed E-state index contributed by atoms with van der Waals surface area (Å²) < 4.78 is 5.24. The van der Waals surface area contributed by atoms with Gasteiger partial charge < -0.3 is 10.3 Å². The van der Waals surface area contributed by atoms with Crippen LogP contribution in [0.4, 0.5) is 5.69 Å². The minimum atomic E-state index is 0.462. The first-order valence-corrected chi connectivity index (χ1v) is 6.06. The molecule has 0 amide bonds. The summed E-state index contributed by atoms with van der Waals surface area (Å²) in [7, 11) is 0. The molecule has 0 saturated carbocycles. The standard InChI is InChI=1S/C14H10ClN3O/c15-11-5-1-10(2-6-11)14-17-13(18-19-14)9-3-7-12(16)8-4-9/h1-8H,16H2. The van der Waals surface area contributed by atoms with Gasteiger partial charge in [0.15, 0.2) is 0 Å². The number of hydrogen-bond donors (Lipinski definition) is 1. The van der Waals surface area contributed by atoms with Gasteiger partial charge in [-0.1, -0.05) is 16.8 Å². The number of hydrogen-bond acceptors (Lipinski definition) is 4. The number of aromatic nitrogens is 2. The maximum absolute atomic E-state index is 5.84. The molecule has 0 aliphatic heterocycles. The van der Waals surface area contributed by atoms with Gasteiger partial charge in [-0.25, -0.2) is 0 Å². The van der Waals surface area contributed by atoms with Crippen molar-refractivity contribution in [1.82, 2.24) is 10.1 Å². The van der Waals surface area contributed by atoms with E-state index in [9.17, 15) is 0 Å². The molecule has 0 atom stereocenters. The predicted octanol–water partition coefficient (Wildman–Crippen LogP) is 3.64. The smallest absolute Gasteiger partial charge is 0.258 e. The van der Waals surface area contributed by atoms with Crippen LogP contribution in [-0.2, 0) is 0 Å². The lowest BCUT2D eigenvalue weighted by Gasteiger charge is -1.95. The maximum atomic E-state index is 5.84. The van der Waals surface area contributed by atoms with Crippen molar-refractivity contribution in [2.45, 2.75) is 0 Å². The summed E-state index contributed by atoms with van der Waals surface area (Å²) in [5.41, 5.74) is 8.03. The Balaban J connectivity index is 1.95. The Morgan fingerprint density at radius 3 is 2.21 bits per heavy atom. The molecule has 0 bridgehead atoms. The molecule has 4 nitrogen and oxygen atoms in total. The Morgan fingerprint density at radius 2 is 1.53 bits per heavy atom. The topological polar surface area (TPSA) is 64.9 Å². The third kappa shape index (κ3) is 2.44. The SMILES string of the molecule is Nc1ccc(-c2noc(-c3ccc(Cl)cc3)n2)cc1. The first-order valence-electron chi connectivity index (χ1n) is 5.68. The molecule has 0 unspecified atom stereocenters. The summed E-state index contributed by atoms with van der Waals surface area (Å²) in [6.07, 6.45) is 0. The molecule has 2 aromatic carbocycles. The largest absolute Gasteiger partial charge is 0.399 e. The molecule has 1 heterocycles. The van der Waals surface area contributed by atoms with E-state index in [-0.39, 0.29) is 0 Å². The number of nitrogen functional groups attached to an aromatic ring is 1. The second-order valence-electron chi connectivity index (χ2n) is 4.05. The van der Waals surface area contributed by atoms with Gasteiger partial charge >= 0.3 is 0 Å². The molecule has 2 N–H and O–H groups in total. The number of benzene rings is 2. The Kier molecular flexibility index (Phi) is 2.93. The first-order chi connectivity index (χ1) is 9.22. The highest BCUT2D eigenvalue weighted by Gasteiger charge is 2.10. The van der Waals surface area contributed by atoms with Crippen molar-refractivity contribution in [3.05, 3.63) is 53.6 Å². The van der Waals surface area contributed by atoms with Crippen LogP contribution in [0, 0.1) is 0 Å². The normalized spacial score (nSPS) is 10.6. The Hall–Kier alpha value is -2.33. The zero-order valence-corrected chi connectivity index (χ0v) is 10.6. The van der Waals surface area contributed by atoms with Gasteiger partial charge in [-0.05, 0) is 48.5 Å². The molecular formula is C14H10ClN3O. The third-order valence-corrected chi connectivity index (χ3v) is 2.94. The highest BCUT2D eigenvalue weighted by atomic mass is 35.5. The molecule has 5 heteroatoms.